The lowest BCUT2D eigenvalue weighted by molar-refractivity contribution is -0.149. The lowest BCUT2D eigenvalue weighted by Gasteiger charge is -2.32. The van der Waals surface area contributed by atoms with Gasteiger partial charge in [-0.2, -0.15) is 0 Å². The van der Waals surface area contributed by atoms with E-state index in [1.54, 1.807) is 24.3 Å². The summed E-state index contributed by atoms with van der Waals surface area (Å²) in [5.74, 6) is -4.54. The van der Waals surface area contributed by atoms with E-state index in [1.165, 1.54) is 4.90 Å². The van der Waals surface area contributed by atoms with Gasteiger partial charge in [0, 0.05) is 23.5 Å². The van der Waals surface area contributed by atoms with Crippen molar-refractivity contribution in [3.8, 4) is 0 Å². The van der Waals surface area contributed by atoms with Crippen molar-refractivity contribution in [3.05, 3.63) is 106 Å². The number of aliphatic carboxylic acids is 2. The smallest absolute Gasteiger partial charge is 0.307 e. The van der Waals surface area contributed by atoms with Crippen LogP contribution in [0.1, 0.15) is 67.2 Å². The van der Waals surface area contributed by atoms with Crippen molar-refractivity contribution in [2.45, 2.75) is 50.5 Å². The zero-order valence-corrected chi connectivity index (χ0v) is 25.5. The van der Waals surface area contributed by atoms with Crippen molar-refractivity contribution in [1.82, 2.24) is 10.2 Å². The second kappa shape index (κ2) is 15.5. The molecule has 43 heavy (non-hydrogen) atoms. The molecule has 0 radical (unpaired) electrons. The van der Waals surface area contributed by atoms with Gasteiger partial charge in [-0.05, 0) is 48.1 Å². The third-order valence-corrected chi connectivity index (χ3v) is 8.68. The molecule has 3 atom stereocenters. The number of carbonyl (C=O) groups is 4. The topological polar surface area (TPSA) is 124 Å². The molecule has 9 heteroatoms. The third kappa shape index (κ3) is 8.76. The molecule has 1 fully saturated rings. The third-order valence-electron chi connectivity index (χ3n) is 8.16. The Morgan fingerprint density at radius 2 is 1.33 bits per heavy atom. The molecule has 0 saturated heterocycles. The highest BCUT2D eigenvalue weighted by Gasteiger charge is 2.38. The molecule has 226 valence electrons. The molecule has 0 spiro atoms. The van der Waals surface area contributed by atoms with Gasteiger partial charge in [0.25, 0.3) is 0 Å². The number of hydrogen-bond acceptors (Lipinski definition) is 4. The summed E-state index contributed by atoms with van der Waals surface area (Å²) in [5.41, 5.74) is 2.69. The van der Waals surface area contributed by atoms with E-state index in [4.69, 9.17) is 0 Å². The van der Waals surface area contributed by atoms with Crippen LogP contribution in [0.25, 0.3) is 0 Å². The molecule has 1 saturated carbocycles. The minimum Gasteiger partial charge on any atom is -0.481 e. The first-order valence-electron chi connectivity index (χ1n) is 14.6. The highest BCUT2D eigenvalue weighted by atomic mass is 79.9. The Morgan fingerprint density at radius 3 is 1.86 bits per heavy atom. The van der Waals surface area contributed by atoms with Crippen LogP contribution >= 0.6 is 15.9 Å². The summed E-state index contributed by atoms with van der Waals surface area (Å²) in [6.07, 6.45) is 2.60. The van der Waals surface area contributed by atoms with Gasteiger partial charge < -0.3 is 20.4 Å². The highest BCUT2D eigenvalue weighted by Crippen LogP contribution is 2.32. The number of halogens is 1. The monoisotopic (exact) mass is 648 g/mol. The van der Waals surface area contributed by atoms with Gasteiger partial charge in [0.05, 0.1) is 18.3 Å². The fraction of sp³-hybridized carbons (Fsp3) is 0.353. The molecule has 3 aromatic rings. The molecule has 0 aromatic heterocycles. The molecule has 0 aliphatic heterocycles. The Hall–Kier alpha value is -3.98. The largest absolute Gasteiger partial charge is 0.481 e. The van der Waals surface area contributed by atoms with Crippen molar-refractivity contribution in [1.29, 1.82) is 0 Å². The number of carbonyl (C=O) groups excluding carboxylic acids is 2. The zero-order valence-electron chi connectivity index (χ0n) is 23.9. The second-order valence-electron chi connectivity index (χ2n) is 11.0. The molecular weight excluding hydrogens is 612 g/mol. The van der Waals surface area contributed by atoms with Crippen LogP contribution in [0.2, 0.25) is 0 Å². The van der Waals surface area contributed by atoms with Gasteiger partial charge in [-0.25, -0.2) is 0 Å². The average molecular weight is 650 g/mol. The number of amides is 2. The summed E-state index contributed by atoms with van der Waals surface area (Å²) >= 11 is 3.41. The number of carboxylic acid groups (broad SMARTS) is 2. The van der Waals surface area contributed by atoms with E-state index < -0.39 is 41.6 Å². The van der Waals surface area contributed by atoms with Gasteiger partial charge >= 0.3 is 11.9 Å². The summed E-state index contributed by atoms with van der Waals surface area (Å²) in [4.78, 5) is 52.8. The quantitative estimate of drug-likeness (QED) is 0.208. The fourth-order valence-corrected chi connectivity index (χ4v) is 6.12. The van der Waals surface area contributed by atoms with E-state index in [0.29, 0.717) is 24.8 Å². The van der Waals surface area contributed by atoms with Gasteiger partial charge in [0.2, 0.25) is 11.8 Å². The van der Waals surface area contributed by atoms with Crippen LogP contribution in [-0.2, 0) is 19.2 Å². The molecule has 8 nitrogen and oxygen atoms in total. The van der Waals surface area contributed by atoms with Crippen molar-refractivity contribution in [3.63, 3.8) is 0 Å². The van der Waals surface area contributed by atoms with Crippen LogP contribution in [0.4, 0.5) is 0 Å². The lowest BCUT2D eigenvalue weighted by atomic mass is 9.78. The molecule has 2 amide bonds. The van der Waals surface area contributed by atoms with Crippen LogP contribution < -0.4 is 5.32 Å². The average Bonchev–Trinajstić information content (AvgIpc) is 3.02. The zero-order chi connectivity index (χ0) is 30.8. The van der Waals surface area contributed by atoms with Crippen molar-refractivity contribution in [2.75, 3.05) is 13.1 Å². The number of nitrogens with one attached hydrogen (secondary N) is 1. The van der Waals surface area contributed by atoms with Crippen LogP contribution in [0.15, 0.2) is 89.4 Å². The predicted octanol–water partition coefficient (Wildman–Crippen LogP) is 6.02. The first-order chi connectivity index (χ1) is 20.7. The van der Waals surface area contributed by atoms with Crippen LogP contribution in [0.5, 0.6) is 0 Å². The second-order valence-corrected chi connectivity index (χ2v) is 11.9. The normalized spacial score (nSPS) is 17.2. The van der Waals surface area contributed by atoms with Gasteiger partial charge in [0.15, 0.2) is 0 Å². The Kier molecular flexibility index (Phi) is 11.5. The standard InChI is InChI=1S/C34H37BrN2O6/c35-26-17-15-25(16-18-26)31(36-32(40)28-13-7-8-14-29(28)34(42)43)33(41)37(22-20-30(38)39)21-19-27(23-9-3-1-4-10-23)24-11-5-2-6-12-24/h1-6,9-12,15-18,27-29,31H,7-8,13-14,19-22H2,(H,36,40)(H,38,39)(H,42,43)/t28?,29-,31+/m1/s1. The summed E-state index contributed by atoms with van der Waals surface area (Å²) in [7, 11) is 0. The van der Waals surface area contributed by atoms with Gasteiger partial charge in [-0.15, -0.1) is 0 Å². The maximum atomic E-state index is 14.3. The number of benzene rings is 3. The first kappa shape index (κ1) is 31.9. The van der Waals surface area contributed by atoms with E-state index in [9.17, 15) is 29.4 Å². The van der Waals surface area contributed by atoms with Gasteiger partial charge in [-0.3, -0.25) is 19.2 Å². The Bertz CT molecular complexity index is 1340. The minimum atomic E-state index is -1.10. The predicted molar refractivity (Wildman–Crippen MR) is 166 cm³/mol. The van der Waals surface area contributed by atoms with Crippen molar-refractivity contribution >= 4 is 39.7 Å². The molecule has 0 heterocycles. The van der Waals surface area contributed by atoms with E-state index >= 15 is 0 Å². The Morgan fingerprint density at radius 1 is 0.767 bits per heavy atom. The summed E-state index contributed by atoms with van der Waals surface area (Å²) in [6.45, 7) is 0.221. The number of nitrogens with zero attached hydrogens (tertiary/aromatic N) is 1. The maximum absolute atomic E-state index is 14.3. The molecule has 0 bridgehead atoms. The number of hydrogen-bond donors (Lipinski definition) is 3. The van der Waals surface area contributed by atoms with Gasteiger partial charge in [0.1, 0.15) is 6.04 Å². The van der Waals surface area contributed by atoms with E-state index in [2.05, 4.69) is 21.2 Å². The van der Waals surface area contributed by atoms with Crippen LogP contribution in [-0.4, -0.2) is 52.0 Å². The molecule has 1 aliphatic rings. The van der Waals surface area contributed by atoms with Crippen molar-refractivity contribution < 1.29 is 29.4 Å². The highest BCUT2D eigenvalue weighted by molar-refractivity contribution is 9.10. The van der Waals surface area contributed by atoms with E-state index in [0.717, 1.165) is 28.4 Å². The Balaban J connectivity index is 1.63. The number of carboxylic acids is 2. The Labute approximate surface area is 260 Å². The van der Waals surface area contributed by atoms with Crippen molar-refractivity contribution in [2.24, 2.45) is 11.8 Å². The summed E-state index contributed by atoms with van der Waals surface area (Å²) < 4.78 is 0.795. The SMILES string of the molecule is O=C(O)CCN(CCC(c1ccccc1)c1ccccc1)C(=O)[C@@H](NC(=O)C1CCCC[C@H]1C(=O)O)c1ccc(Br)cc1. The van der Waals surface area contributed by atoms with E-state index in [1.807, 2.05) is 60.7 Å². The molecule has 1 aliphatic carbocycles. The lowest BCUT2D eigenvalue weighted by Crippen LogP contribution is -2.47. The minimum absolute atomic E-state index is 0.0332. The molecule has 3 aromatic carbocycles. The van der Waals surface area contributed by atoms with Crippen LogP contribution in [0.3, 0.4) is 0 Å². The van der Waals surface area contributed by atoms with Gasteiger partial charge in [-0.1, -0.05) is 102 Å². The summed E-state index contributed by atoms with van der Waals surface area (Å²) in [6, 6.07) is 25.8. The summed E-state index contributed by atoms with van der Waals surface area (Å²) in [5, 5.41) is 22.1. The van der Waals surface area contributed by atoms with E-state index in [-0.39, 0.29) is 25.4 Å². The first-order valence-corrected chi connectivity index (χ1v) is 15.4. The molecule has 1 unspecified atom stereocenters. The van der Waals surface area contributed by atoms with Crippen LogP contribution in [0, 0.1) is 11.8 Å². The fourth-order valence-electron chi connectivity index (χ4n) is 5.86. The molecule has 4 rings (SSSR count). The molecule has 3 N–H and O–H groups in total. The number of rotatable bonds is 13. The molecular formula is C34H37BrN2O6. The maximum Gasteiger partial charge on any atom is 0.307 e.